The van der Waals surface area contributed by atoms with Crippen molar-refractivity contribution < 1.29 is 18.7 Å². The lowest BCUT2D eigenvalue weighted by atomic mass is 10.1. The van der Waals surface area contributed by atoms with E-state index >= 15 is 0 Å². The molecule has 92 valence electrons. The Kier molecular flexibility index (Phi) is 3.28. The van der Waals surface area contributed by atoms with Crippen molar-refractivity contribution >= 4 is 5.97 Å². The second-order valence-corrected chi connectivity index (χ2v) is 4.03. The third-order valence-corrected chi connectivity index (χ3v) is 2.62. The Hall–Kier alpha value is -1.62. The fourth-order valence-electron chi connectivity index (χ4n) is 1.72. The standard InChI is InChI=1S/C12H14FNO3/c1-7(14)9-3-2-8(13)6-11(9)17-10-4-5-16-12(10)15/h2-3,6-7,10H,4-5,14H2,1H3. The van der Waals surface area contributed by atoms with E-state index in [2.05, 4.69) is 0 Å². The number of rotatable bonds is 3. The number of ether oxygens (including phenoxy) is 2. The van der Waals surface area contributed by atoms with E-state index in [-0.39, 0.29) is 6.04 Å². The Bertz CT molecular complexity index is 434. The van der Waals surface area contributed by atoms with Gasteiger partial charge < -0.3 is 15.2 Å². The summed E-state index contributed by atoms with van der Waals surface area (Å²) in [6, 6.07) is 3.83. The van der Waals surface area contributed by atoms with Crippen LogP contribution in [0.1, 0.15) is 24.9 Å². The summed E-state index contributed by atoms with van der Waals surface area (Å²) < 4.78 is 23.4. The highest BCUT2D eigenvalue weighted by molar-refractivity contribution is 5.76. The van der Waals surface area contributed by atoms with Crippen LogP contribution in [0.2, 0.25) is 0 Å². The average molecular weight is 239 g/mol. The molecule has 2 unspecified atom stereocenters. The first kappa shape index (κ1) is 11.9. The van der Waals surface area contributed by atoms with Crippen molar-refractivity contribution in [1.82, 2.24) is 0 Å². The largest absolute Gasteiger partial charge is 0.478 e. The third kappa shape index (κ3) is 2.55. The number of halogens is 1. The Labute approximate surface area is 98.5 Å². The van der Waals surface area contributed by atoms with Crippen molar-refractivity contribution in [2.45, 2.75) is 25.5 Å². The Morgan fingerprint density at radius 2 is 2.35 bits per heavy atom. The van der Waals surface area contributed by atoms with Crippen molar-refractivity contribution in [2.75, 3.05) is 6.61 Å². The zero-order chi connectivity index (χ0) is 12.4. The highest BCUT2D eigenvalue weighted by atomic mass is 19.1. The van der Waals surface area contributed by atoms with Crippen molar-refractivity contribution in [3.05, 3.63) is 29.6 Å². The first-order valence-corrected chi connectivity index (χ1v) is 5.46. The van der Waals surface area contributed by atoms with Crippen LogP contribution in [0.5, 0.6) is 5.75 Å². The van der Waals surface area contributed by atoms with E-state index in [1.165, 1.54) is 12.1 Å². The van der Waals surface area contributed by atoms with Gasteiger partial charge in [0.15, 0.2) is 6.10 Å². The van der Waals surface area contributed by atoms with E-state index in [9.17, 15) is 9.18 Å². The molecule has 2 atom stereocenters. The van der Waals surface area contributed by atoms with E-state index < -0.39 is 17.9 Å². The van der Waals surface area contributed by atoms with Gasteiger partial charge in [0, 0.05) is 24.1 Å². The minimum absolute atomic E-state index is 0.289. The van der Waals surface area contributed by atoms with Gasteiger partial charge in [-0.15, -0.1) is 0 Å². The number of hydrogen-bond donors (Lipinski definition) is 1. The van der Waals surface area contributed by atoms with Gasteiger partial charge in [0.2, 0.25) is 0 Å². The second-order valence-electron chi connectivity index (χ2n) is 4.03. The third-order valence-electron chi connectivity index (χ3n) is 2.62. The van der Waals surface area contributed by atoms with Crippen LogP contribution in [-0.2, 0) is 9.53 Å². The SMILES string of the molecule is CC(N)c1ccc(F)cc1OC1CCOC1=O. The molecule has 1 aromatic rings. The zero-order valence-electron chi connectivity index (χ0n) is 9.48. The van der Waals surface area contributed by atoms with Gasteiger partial charge in [0.1, 0.15) is 11.6 Å². The molecule has 2 rings (SSSR count). The van der Waals surface area contributed by atoms with Crippen molar-refractivity contribution in [3.63, 3.8) is 0 Å². The molecule has 1 aromatic carbocycles. The molecule has 1 saturated heterocycles. The lowest BCUT2D eigenvalue weighted by molar-refractivity contribution is -0.143. The molecule has 0 aliphatic carbocycles. The van der Waals surface area contributed by atoms with E-state index in [0.29, 0.717) is 24.3 Å². The van der Waals surface area contributed by atoms with Crippen LogP contribution in [0.25, 0.3) is 0 Å². The van der Waals surface area contributed by atoms with Crippen molar-refractivity contribution in [1.29, 1.82) is 0 Å². The first-order chi connectivity index (χ1) is 8.08. The minimum Gasteiger partial charge on any atom is -0.478 e. The molecule has 1 aliphatic heterocycles. The number of nitrogens with two attached hydrogens (primary N) is 1. The average Bonchev–Trinajstić information content (AvgIpc) is 2.64. The van der Waals surface area contributed by atoms with Crippen LogP contribution >= 0.6 is 0 Å². The number of carbonyl (C=O) groups excluding carboxylic acids is 1. The molecular weight excluding hydrogens is 225 g/mol. The normalized spacial score (nSPS) is 21.1. The molecule has 4 nitrogen and oxygen atoms in total. The van der Waals surface area contributed by atoms with Crippen LogP contribution in [0.15, 0.2) is 18.2 Å². The molecule has 0 saturated carbocycles. The van der Waals surface area contributed by atoms with E-state index in [1.54, 1.807) is 13.0 Å². The minimum atomic E-state index is -0.658. The maximum Gasteiger partial charge on any atom is 0.347 e. The van der Waals surface area contributed by atoms with Crippen LogP contribution in [0.4, 0.5) is 4.39 Å². The van der Waals surface area contributed by atoms with Gasteiger partial charge in [-0.05, 0) is 13.0 Å². The monoisotopic (exact) mass is 239 g/mol. The fraction of sp³-hybridized carbons (Fsp3) is 0.417. The lowest BCUT2D eigenvalue weighted by Crippen LogP contribution is -2.23. The molecule has 5 heteroatoms. The maximum absolute atomic E-state index is 13.1. The summed E-state index contributed by atoms with van der Waals surface area (Å²) >= 11 is 0. The summed E-state index contributed by atoms with van der Waals surface area (Å²) in [7, 11) is 0. The van der Waals surface area contributed by atoms with Gasteiger partial charge in [-0.3, -0.25) is 0 Å². The summed E-state index contributed by atoms with van der Waals surface area (Å²) in [4.78, 5) is 11.3. The summed E-state index contributed by atoms with van der Waals surface area (Å²) in [6.45, 7) is 2.11. The predicted octanol–water partition coefficient (Wildman–Crippen LogP) is 1.54. The number of carbonyl (C=O) groups is 1. The molecule has 0 spiro atoms. The number of benzene rings is 1. The molecule has 17 heavy (non-hydrogen) atoms. The predicted molar refractivity (Wildman–Crippen MR) is 59.0 cm³/mol. The van der Waals surface area contributed by atoms with Crippen molar-refractivity contribution in [3.8, 4) is 5.75 Å². The highest BCUT2D eigenvalue weighted by Crippen LogP contribution is 2.27. The zero-order valence-corrected chi connectivity index (χ0v) is 9.48. The first-order valence-electron chi connectivity index (χ1n) is 5.46. The molecule has 0 bridgehead atoms. The van der Waals surface area contributed by atoms with E-state index in [0.717, 1.165) is 0 Å². The molecule has 0 amide bonds. The number of hydrogen-bond acceptors (Lipinski definition) is 4. The van der Waals surface area contributed by atoms with Gasteiger partial charge in [-0.2, -0.15) is 0 Å². The topological polar surface area (TPSA) is 61.6 Å². The summed E-state index contributed by atoms with van der Waals surface area (Å²) in [6.07, 6.45) is -0.178. The number of esters is 1. The molecule has 2 N–H and O–H groups in total. The fourth-order valence-corrected chi connectivity index (χ4v) is 1.72. The molecule has 1 aliphatic rings. The summed E-state index contributed by atoms with van der Waals surface area (Å²) in [5.74, 6) is -0.524. The lowest BCUT2D eigenvalue weighted by Gasteiger charge is -2.16. The smallest absolute Gasteiger partial charge is 0.347 e. The Balaban J connectivity index is 2.24. The van der Waals surface area contributed by atoms with Gasteiger partial charge in [0.25, 0.3) is 0 Å². The quantitative estimate of drug-likeness (QED) is 0.813. The van der Waals surface area contributed by atoms with Gasteiger partial charge in [0.05, 0.1) is 6.61 Å². The molecule has 1 heterocycles. The van der Waals surface area contributed by atoms with Crippen molar-refractivity contribution in [2.24, 2.45) is 5.73 Å². The highest BCUT2D eigenvalue weighted by Gasteiger charge is 2.29. The van der Waals surface area contributed by atoms with E-state index in [4.69, 9.17) is 15.2 Å². The van der Waals surface area contributed by atoms with E-state index in [1.807, 2.05) is 0 Å². The summed E-state index contributed by atoms with van der Waals surface area (Å²) in [5, 5.41) is 0. The molecule has 1 fully saturated rings. The van der Waals surface area contributed by atoms with Crippen LogP contribution in [-0.4, -0.2) is 18.7 Å². The number of cyclic esters (lactones) is 1. The van der Waals surface area contributed by atoms with Gasteiger partial charge >= 0.3 is 5.97 Å². The van der Waals surface area contributed by atoms with Gasteiger partial charge in [-0.25, -0.2) is 9.18 Å². The second kappa shape index (κ2) is 4.71. The molecule has 0 radical (unpaired) electrons. The molecular formula is C12H14FNO3. The Morgan fingerprint density at radius 1 is 1.59 bits per heavy atom. The Morgan fingerprint density at radius 3 is 2.94 bits per heavy atom. The van der Waals surface area contributed by atoms with Crippen LogP contribution < -0.4 is 10.5 Å². The summed E-state index contributed by atoms with van der Waals surface area (Å²) in [5.41, 5.74) is 6.43. The van der Waals surface area contributed by atoms with Crippen LogP contribution in [0.3, 0.4) is 0 Å². The molecule has 0 aromatic heterocycles. The van der Waals surface area contributed by atoms with Crippen LogP contribution in [0, 0.1) is 5.82 Å². The van der Waals surface area contributed by atoms with Gasteiger partial charge in [-0.1, -0.05) is 6.07 Å². The maximum atomic E-state index is 13.1.